The Bertz CT molecular complexity index is 521. The second kappa shape index (κ2) is 5.56. The minimum absolute atomic E-state index is 0.862. The van der Waals surface area contributed by atoms with Gasteiger partial charge in [-0.25, -0.2) is 0 Å². The fourth-order valence-corrected chi connectivity index (χ4v) is 1.98. The maximum Gasteiger partial charge on any atom is 0.0521 e. The highest BCUT2D eigenvalue weighted by atomic mass is 32.1. The molecular weight excluding hydrogens is 236 g/mol. The Labute approximate surface area is 113 Å². The summed E-state index contributed by atoms with van der Waals surface area (Å²) in [6, 6.07) is 16.2. The van der Waals surface area contributed by atoms with Crippen molar-refractivity contribution in [2.24, 2.45) is 0 Å². The van der Waals surface area contributed by atoms with Crippen LogP contribution in [-0.4, -0.2) is 4.86 Å². The van der Waals surface area contributed by atoms with E-state index >= 15 is 0 Å². The predicted octanol–water partition coefficient (Wildman–Crippen LogP) is 4.74. The number of benzene rings is 2. The van der Waals surface area contributed by atoms with Gasteiger partial charge in [0, 0.05) is 0 Å². The monoisotopic (exact) mass is 250 g/mol. The van der Waals surface area contributed by atoms with Gasteiger partial charge in [-0.3, -0.25) is 0 Å². The molecule has 2 aromatic rings. The molecule has 0 N–H and O–H groups in total. The first-order chi connectivity index (χ1) is 8.74. The Kier molecular flexibility index (Phi) is 3.85. The zero-order chi connectivity index (χ0) is 13.0. The van der Waals surface area contributed by atoms with Gasteiger partial charge in [0.15, 0.2) is 0 Å². The summed E-state index contributed by atoms with van der Waals surface area (Å²) in [6.45, 7) is 7.48. The van der Waals surface area contributed by atoms with Gasteiger partial charge in [0.25, 0.3) is 0 Å². The average molecular weight is 250 g/mol. The number of hydrogen-bond acceptors (Lipinski definition) is 1. The van der Waals surface area contributed by atoms with Gasteiger partial charge >= 0.3 is 0 Å². The van der Waals surface area contributed by atoms with Crippen molar-refractivity contribution in [3.05, 3.63) is 83.9 Å². The molecule has 1 heteroatoms. The second-order valence-electron chi connectivity index (χ2n) is 3.98. The van der Waals surface area contributed by atoms with E-state index in [1.54, 1.807) is 0 Å². The summed E-state index contributed by atoms with van der Waals surface area (Å²) < 4.78 is 0. The molecule has 0 aliphatic heterocycles. The Morgan fingerprint density at radius 2 is 1.06 bits per heavy atom. The maximum absolute atomic E-state index is 5.49. The molecule has 0 bridgehead atoms. The van der Waals surface area contributed by atoms with Gasteiger partial charge in [0.05, 0.1) is 4.86 Å². The molecule has 0 spiro atoms. The Morgan fingerprint density at radius 3 is 1.33 bits per heavy atom. The lowest BCUT2D eigenvalue weighted by atomic mass is 10.0. The van der Waals surface area contributed by atoms with Crippen molar-refractivity contribution >= 4 is 29.2 Å². The fourth-order valence-electron chi connectivity index (χ4n) is 1.71. The lowest BCUT2D eigenvalue weighted by Gasteiger charge is -2.05. The van der Waals surface area contributed by atoms with Gasteiger partial charge in [-0.15, -0.1) is 0 Å². The molecule has 2 rings (SSSR count). The molecule has 0 aliphatic carbocycles. The van der Waals surface area contributed by atoms with Crippen LogP contribution in [0.1, 0.15) is 22.3 Å². The predicted molar refractivity (Wildman–Crippen MR) is 83.9 cm³/mol. The van der Waals surface area contributed by atoms with Crippen molar-refractivity contribution in [1.29, 1.82) is 0 Å². The summed E-state index contributed by atoms with van der Waals surface area (Å²) in [5.41, 5.74) is 4.32. The van der Waals surface area contributed by atoms with E-state index < -0.39 is 0 Å². The Hall–Kier alpha value is -1.99. The summed E-state index contributed by atoms with van der Waals surface area (Å²) in [6.07, 6.45) is 3.65. The van der Waals surface area contributed by atoms with Crippen LogP contribution in [0.4, 0.5) is 0 Å². The first-order valence-corrected chi connectivity index (χ1v) is 6.15. The van der Waals surface area contributed by atoms with Gasteiger partial charge in [0.1, 0.15) is 0 Å². The molecule has 0 fully saturated rings. The highest BCUT2D eigenvalue weighted by Crippen LogP contribution is 2.14. The average Bonchev–Trinajstić information content (AvgIpc) is 2.47. The first-order valence-electron chi connectivity index (χ1n) is 5.74. The lowest BCUT2D eigenvalue weighted by molar-refractivity contribution is 1.59. The summed E-state index contributed by atoms with van der Waals surface area (Å²) in [5, 5.41) is 0. The molecule has 88 valence electrons. The molecule has 0 aromatic heterocycles. The van der Waals surface area contributed by atoms with Gasteiger partial charge in [-0.05, 0) is 22.3 Å². The van der Waals surface area contributed by atoms with Gasteiger partial charge in [-0.1, -0.05) is 86.1 Å². The zero-order valence-electron chi connectivity index (χ0n) is 10.1. The zero-order valence-corrected chi connectivity index (χ0v) is 10.9. The van der Waals surface area contributed by atoms with E-state index in [2.05, 4.69) is 13.2 Å². The molecule has 0 atom stereocenters. The van der Waals surface area contributed by atoms with E-state index in [9.17, 15) is 0 Å². The molecule has 0 saturated carbocycles. The van der Waals surface area contributed by atoms with Crippen molar-refractivity contribution in [1.82, 2.24) is 0 Å². The van der Waals surface area contributed by atoms with E-state index in [1.807, 2.05) is 60.7 Å². The van der Waals surface area contributed by atoms with Crippen LogP contribution in [0.3, 0.4) is 0 Å². The molecule has 0 nitrogen and oxygen atoms in total. The Balaban J connectivity index is 2.28. The van der Waals surface area contributed by atoms with Crippen LogP contribution in [0.2, 0.25) is 0 Å². The molecule has 18 heavy (non-hydrogen) atoms. The van der Waals surface area contributed by atoms with Gasteiger partial charge in [0.2, 0.25) is 0 Å². The van der Waals surface area contributed by atoms with Gasteiger partial charge < -0.3 is 0 Å². The van der Waals surface area contributed by atoms with Crippen LogP contribution < -0.4 is 0 Å². The van der Waals surface area contributed by atoms with Crippen LogP contribution in [0, 0.1) is 0 Å². The number of hydrogen-bond donors (Lipinski definition) is 0. The molecule has 0 aliphatic rings. The van der Waals surface area contributed by atoms with Crippen molar-refractivity contribution < 1.29 is 0 Å². The Morgan fingerprint density at radius 1 is 0.722 bits per heavy atom. The highest BCUT2D eigenvalue weighted by Gasteiger charge is 2.03. The third kappa shape index (κ3) is 2.63. The summed E-state index contributed by atoms with van der Waals surface area (Å²) in [7, 11) is 0. The normalized spacial score (nSPS) is 9.78. The standard InChI is InChI=1S/C17H14S/c1-3-13-5-9-15(10-6-13)17(18)16-11-7-14(4-2)8-12-16/h3-12H,1-2H2. The van der Waals surface area contributed by atoms with Crippen LogP contribution in [0.25, 0.3) is 12.2 Å². The van der Waals surface area contributed by atoms with Gasteiger partial charge in [-0.2, -0.15) is 0 Å². The molecule has 2 aromatic carbocycles. The molecular formula is C17H14S. The number of rotatable bonds is 4. The smallest absolute Gasteiger partial charge is 0.0521 e. The molecule has 0 heterocycles. The largest absolute Gasteiger partial charge is 0.0985 e. The minimum Gasteiger partial charge on any atom is -0.0985 e. The van der Waals surface area contributed by atoms with Crippen molar-refractivity contribution in [3.63, 3.8) is 0 Å². The first kappa shape index (κ1) is 12.5. The van der Waals surface area contributed by atoms with Crippen LogP contribution in [0.15, 0.2) is 61.7 Å². The van der Waals surface area contributed by atoms with Crippen LogP contribution in [-0.2, 0) is 0 Å². The second-order valence-corrected chi connectivity index (χ2v) is 4.39. The molecule has 0 saturated heterocycles. The molecule has 0 amide bonds. The van der Waals surface area contributed by atoms with Crippen LogP contribution >= 0.6 is 12.2 Å². The fraction of sp³-hybridized carbons (Fsp3) is 0. The summed E-state index contributed by atoms with van der Waals surface area (Å²) in [4.78, 5) is 0.862. The summed E-state index contributed by atoms with van der Waals surface area (Å²) in [5.74, 6) is 0. The number of thiocarbonyl (C=S) groups is 1. The van der Waals surface area contributed by atoms with Crippen molar-refractivity contribution in [3.8, 4) is 0 Å². The molecule has 0 unspecified atom stereocenters. The minimum atomic E-state index is 0.862. The third-order valence-electron chi connectivity index (χ3n) is 2.82. The van der Waals surface area contributed by atoms with Crippen LogP contribution in [0.5, 0.6) is 0 Å². The quantitative estimate of drug-likeness (QED) is 0.558. The highest BCUT2D eigenvalue weighted by molar-refractivity contribution is 7.81. The van der Waals surface area contributed by atoms with E-state index in [-0.39, 0.29) is 0 Å². The van der Waals surface area contributed by atoms with Crippen molar-refractivity contribution in [2.45, 2.75) is 0 Å². The SMILES string of the molecule is C=Cc1ccc(C(=S)c2ccc(C=C)cc2)cc1. The molecule has 0 radical (unpaired) electrons. The van der Waals surface area contributed by atoms with E-state index in [0.717, 1.165) is 27.1 Å². The van der Waals surface area contributed by atoms with E-state index in [0.29, 0.717) is 0 Å². The van der Waals surface area contributed by atoms with Crippen molar-refractivity contribution in [2.75, 3.05) is 0 Å². The van der Waals surface area contributed by atoms with E-state index in [1.165, 1.54) is 0 Å². The van der Waals surface area contributed by atoms with E-state index in [4.69, 9.17) is 12.2 Å². The third-order valence-corrected chi connectivity index (χ3v) is 3.29. The summed E-state index contributed by atoms with van der Waals surface area (Å²) >= 11 is 5.49. The lowest BCUT2D eigenvalue weighted by Crippen LogP contribution is -1.99. The topological polar surface area (TPSA) is 0 Å². The maximum atomic E-state index is 5.49.